The molecular formula is C19H21ClN2O4S. The third kappa shape index (κ3) is 4.68. The van der Waals surface area contributed by atoms with Crippen LogP contribution in [-0.4, -0.2) is 38.4 Å². The minimum absolute atomic E-state index is 0.00927. The zero-order chi connectivity index (χ0) is 19.4. The zero-order valence-electron chi connectivity index (χ0n) is 14.9. The first-order chi connectivity index (χ1) is 12.9. The van der Waals surface area contributed by atoms with Crippen LogP contribution in [0.3, 0.4) is 0 Å². The van der Waals surface area contributed by atoms with Crippen molar-refractivity contribution in [3.8, 4) is 0 Å². The van der Waals surface area contributed by atoms with E-state index < -0.39 is 10.0 Å². The third-order valence-corrected chi connectivity index (χ3v) is 6.47. The predicted molar refractivity (Wildman–Crippen MR) is 104 cm³/mol. The number of amides is 1. The Morgan fingerprint density at radius 1 is 1.19 bits per heavy atom. The fourth-order valence-electron chi connectivity index (χ4n) is 2.96. The number of sulfonamides is 1. The average molecular weight is 409 g/mol. The molecule has 0 saturated carbocycles. The van der Waals surface area contributed by atoms with E-state index >= 15 is 0 Å². The van der Waals surface area contributed by atoms with Crippen LogP contribution in [0, 0.1) is 0 Å². The van der Waals surface area contributed by atoms with Crippen molar-refractivity contribution in [1.82, 2.24) is 4.31 Å². The van der Waals surface area contributed by atoms with E-state index in [1.807, 2.05) is 25.1 Å². The molecular weight excluding hydrogens is 388 g/mol. The van der Waals surface area contributed by atoms with Gasteiger partial charge in [0.25, 0.3) is 0 Å². The number of halogens is 1. The lowest BCUT2D eigenvalue weighted by atomic mass is 10.0. The first kappa shape index (κ1) is 19.8. The van der Waals surface area contributed by atoms with Gasteiger partial charge in [-0.15, -0.1) is 0 Å². The first-order valence-electron chi connectivity index (χ1n) is 8.65. The zero-order valence-corrected chi connectivity index (χ0v) is 16.5. The second-order valence-corrected chi connectivity index (χ2v) is 8.59. The summed E-state index contributed by atoms with van der Waals surface area (Å²) in [5, 5.41) is 3.26. The summed E-state index contributed by atoms with van der Waals surface area (Å²) in [4.78, 5) is 12.0. The fraction of sp³-hybridized carbons (Fsp3) is 0.316. The van der Waals surface area contributed by atoms with Gasteiger partial charge < -0.3 is 10.1 Å². The van der Waals surface area contributed by atoms with Gasteiger partial charge >= 0.3 is 0 Å². The molecule has 0 unspecified atom stereocenters. The summed E-state index contributed by atoms with van der Waals surface area (Å²) >= 11 is 5.85. The van der Waals surface area contributed by atoms with Crippen molar-refractivity contribution in [3.05, 3.63) is 58.6 Å². The van der Waals surface area contributed by atoms with Crippen LogP contribution in [0.1, 0.15) is 18.1 Å². The number of nitrogens with one attached hydrogen (secondary N) is 1. The average Bonchev–Trinajstić information content (AvgIpc) is 2.66. The minimum Gasteiger partial charge on any atom is -0.372 e. The number of benzene rings is 2. The highest BCUT2D eigenvalue weighted by molar-refractivity contribution is 7.89. The summed E-state index contributed by atoms with van der Waals surface area (Å²) in [5.74, 6) is -0.238. The maximum Gasteiger partial charge on any atom is 0.250 e. The molecule has 0 aromatic heterocycles. The summed E-state index contributed by atoms with van der Waals surface area (Å²) in [6, 6.07) is 11.7. The van der Waals surface area contributed by atoms with Gasteiger partial charge in [-0.2, -0.15) is 4.31 Å². The molecule has 0 bridgehead atoms. The summed E-state index contributed by atoms with van der Waals surface area (Å²) < 4.78 is 32.3. The minimum atomic E-state index is -3.60. The molecule has 2 aromatic carbocycles. The molecule has 3 rings (SSSR count). The van der Waals surface area contributed by atoms with E-state index in [1.54, 1.807) is 12.1 Å². The van der Waals surface area contributed by atoms with Gasteiger partial charge in [-0.3, -0.25) is 4.79 Å². The molecule has 2 aromatic rings. The molecule has 6 nitrogen and oxygen atoms in total. The van der Waals surface area contributed by atoms with Crippen LogP contribution in [0.25, 0.3) is 0 Å². The normalized spacial score (nSPS) is 14.6. The lowest BCUT2D eigenvalue weighted by molar-refractivity contribution is -0.120. The van der Waals surface area contributed by atoms with Crippen molar-refractivity contribution >= 4 is 33.2 Å². The molecule has 0 radical (unpaired) electrons. The topological polar surface area (TPSA) is 75.7 Å². The number of hydrogen-bond acceptors (Lipinski definition) is 4. The van der Waals surface area contributed by atoms with E-state index in [1.165, 1.54) is 16.4 Å². The highest BCUT2D eigenvalue weighted by Crippen LogP contribution is 2.27. The van der Waals surface area contributed by atoms with Crippen molar-refractivity contribution in [2.45, 2.75) is 24.8 Å². The van der Waals surface area contributed by atoms with E-state index in [4.69, 9.17) is 16.3 Å². The number of carbonyl (C=O) groups excluding carboxylic acids is 1. The Hall–Kier alpha value is -1.93. The molecule has 1 aliphatic heterocycles. The third-order valence-electron chi connectivity index (χ3n) is 4.36. The van der Waals surface area contributed by atoms with Crippen LogP contribution in [0.2, 0.25) is 5.02 Å². The van der Waals surface area contributed by atoms with Crippen molar-refractivity contribution < 1.29 is 17.9 Å². The second-order valence-electron chi connectivity index (χ2n) is 6.21. The Kier molecular flexibility index (Phi) is 6.16. The van der Waals surface area contributed by atoms with Crippen LogP contribution >= 0.6 is 11.6 Å². The Morgan fingerprint density at radius 2 is 1.93 bits per heavy atom. The maximum atomic E-state index is 12.9. The van der Waals surface area contributed by atoms with Crippen molar-refractivity contribution in [2.24, 2.45) is 0 Å². The molecule has 0 atom stereocenters. The van der Waals surface area contributed by atoms with E-state index in [0.717, 1.165) is 11.1 Å². The predicted octanol–water partition coefficient (Wildman–Crippen LogP) is 3.06. The standard InChI is InChI=1S/C19H21ClN2O4S/c1-2-26-13-19(23)21-17-6-3-14-9-10-22(12-15(14)11-17)27(24,25)18-7-4-16(20)5-8-18/h3-8,11H,2,9-10,12-13H2,1H3,(H,21,23). The summed E-state index contributed by atoms with van der Waals surface area (Å²) in [6.45, 7) is 2.95. The van der Waals surface area contributed by atoms with E-state index in [-0.39, 0.29) is 24.0 Å². The smallest absolute Gasteiger partial charge is 0.250 e. The van der Waals surface area contributed by atoms with E-state index in [0.29, 0.717) is 30.3 Å². The Bertz CT molecular complexity index is 929. The molecule has 1 aliphatic rings. The van der Waals surface area contributed by atoms with Crippen LogP contribution in [0.5, 0.6) is 0 Å². The van der Waals surface area contributed by atoms with Gasteiger partial charge in [0.2, 0.25) is 15.9 Å². The quantitative estimate of drug-likeness (QED) is 0.797. The van der Waals surface area contributed by atoms with Gasteiger partial charge in [0.15, 0.2) is 0 Å². The monoisotopic (exact) mass is 408 g/mol. The Balaban J connectivity index is 1.77. The van der Waals surface area contributed by atoms with Crippen LogP contribution in [0.15, 0.2) is 47.4 Å². The number of fused-ring (bicyclic) bond motifs is 1. The van der Waals surface area contributed by atoms with Gasteiger partial charge in [0.05, 0.1) is 4.90 Å². The number of hydrogen-bond donors (Lipinski definition) is 1. The number of carbonyl (C=O) groups is 1. The van der Waals surface area contributed by atoms with E-state index in [9.17, 15) is 13.2 Å². The highest BCUT2D eigenvalue weighted by atomic mass is 35.5. The fourth-order valence-corrected chi connectivity index (χ4v) is 4.51. The first-order valence-corrected chi connectivity index (χ1v) is 10.5. The van der Waals surface area contributed by atoms with Gasteiger partial charge in [-0.05, 0) is 60.9 Å². The number of anilines is 1. The van der Waals surface area contributed by atoms with Crippen LogP contribution in [-0.2, 0) is 32.5 Å². The molecule has 1 N–H and O–H groups in total. The molecule has 1 heterocycles. The summed E-state index contributed by atoms with van der Waals surface area (Å²) in [6.07, 6.45) is 0.620. The van der Waals surface area contributed by atoms with Crippen LogP contribution < -0.4 is 5.32 Å². The maximum absolute atomic E-state index is 12.9. The van der Waals surface area contributed by atoms with Crippen molar-refractivity contribution in [2.75, 3.05) is 25.1 Å². The number of ether oxygens (including phenoxy) is 1. The molecule has 1 amide bonds. The van der Waals surface area contributed by atoms with Gasteiger partial charge in [0.1, 0.15) is 6.61 Å². The number of rotatable bonds is 6. The van der Waals surface area contributed by atoms with Crippen LogP contribution in [0.4, 0.5) is 5.69 Å². The van der Waals surface area contributed by atoms with Gasteiger partial charge in [-0.25, -0.2) is 8.42 Å². The molecule has 144 valence electrons. The number of nitrogens with zero attached hydrogens (tertiary/aromatic N) is 1. The molecule has 0 saturated heterocycles. The molecule has 8 heteroatoms. The summed E-state index contributed by atoms with van der Waals surface area (Å²) in [7, 11) is -3.60. The summed E-state index contributed by atoms with van der Waals surface area (Å²) in [5.41, 5.74) is 2.59. The Morgan fingerprint density at radius 3 is 2.63 bits per heavy atom. The lowest BCUT2D eigenvalue weighted by Gasteiger charge is -2.28. The molecule has 0 fully saturated rings. The van der Waals surface area contributed by atoms with Gasteiger partial charge in [-0.1, -0.05) is 17.7 Å². The van der Waals surface area contributed by atoms with Gasteiger partial charge in [0, 0.05) is 30.4 Å². The molecule has 0 aliphatic carbocycles. The highest BCUT2D eigenvalue weighted by Gasteiger charge is 2.28. The molecule has 0 spiro atoms. The largest absolute Gasteiger partial charge is 0.372 e. The SMILES string of the molecule is CCOCC(=O)Nc1ccc2c(c1)CN(S(=O)(=O)c1ccc(Cl)cc1)CC2. The Labute approximate surface area is 164 Å². The molecule has 27 heavy (non-hydrogen) atoms. The van der Waals surface area contributed by atoms with Crippen molar-refractivity contribution in [3.63, 3.8) is 0 Å². The van der Waals surface area contributed by atoms with E-state index in [2.05, 4.69) is 5.32 Å². The lowest BCUT2D eigenvalue weighted by Crippen LogP contribution is -2.36. The second kappa shape index (κ2) is 8.39. The van der Waals surface area contributed by atoms with Crippen molar-refractivity contribution in [1.29, 1.82) is 0 Å².